The molecule has 0 bridgehead atoms. The number of benzene rings is 1. The quantitative estimate of drug-likeness (QED) is 0.832. The highest BCUT2D eigenvalue weighted by Gasteiger charge is 2.38. The summed E-state index contributed by atoms with van der Waals surface area (Å²) in [5, 5.41) is 2.47. The van der Waals surface area contributed by atoms with Crippen molar-refractivity contribution in [3.05, 3.63) is 41.7 Å². The van der Waals surface area contributed by atoms with Crippen molar-refractivity contribution in [3.63, 3.8) is 0 Å². The molecule has 6 heteroatoms. The predicted octanol–water partition coefficient (Wildman–Crippen LogP) is 1.35. The minimum atomic E-state index is -0.837. The molecule has 1 atom stereocenters. The fourth-order valence-corrected chi connectivity index (χ4v) is 2.42. The number of nitrogens with zero attached hydrogens (tertiary/aromatic N) is 1. The largest absolute Gasteiger partial charge is 0.357 e. The second-order valence-electron chi connectivity index (χ2n) is 4.69. The molecule has 5 nitrogen and oxygen atoms in total. The molecule has 1 heterocycles. The van der Waals surface area contributed by atoms with E-state index in [9.17, 15) is 18.8 Å². The van der Waals surface area contributed by atoms with Gasteiger partial charge in [-0.05, 0) is 24.6 Å². The molecule has 21 heavy (non-hydrogen) atoms. The first-order valence-corrected chi connectivity index (χ1v) is 6.49. The zero-order valence-electron chi connectivity index (χ0n) is 11.6. The molecule has 1 aromatic rings. The number of hydrogen-bond acceptors (Lipinski definition) is 3. The standard InChI is InChI=1S/C15H15FN2O3/c1-9-12-8-10(16)5-6-11(12)15(21)18(9)13(4-3-7-19)14(20)17-2/h5-8,13H,1,3-4H2,2H3,(H,17,20). The third kappa shape index (κ3) is 2.56. The van der Waals surface area contributed by atoms with Gasteiger partial charge in [0.2, 0.25) is 5.91 Å². The Kier molecular flexibility index (Phi) is 4.16. The van der Waals surface area contributed by atoms with E-state index in [0.29, 0.717) is 17.4 Å². The van der Waals surface area contributed by atoms with Gasteiger partial charge in [-0.25, -0.2) is 4.39 Å². The Morgan fingerprint density at radius 3 is 2.81 bits per heavy atom. The van der Waals surface area contributed by atoms with Crippen molar-refractivity contribution in [3.8, 4) is 0 Å². The minimum Gasteiger partial charge on any atom is -0.357 e. The van der Waals surface area contributed by atoms with Gasteiger partial charge < -0.3 is 10.1 Å². The SMILES string of the molecule is C=C1c2cc(F)ccc2C(=O)N1C(CCC=O)C(=O)NC. The van der Waals surface area contributed by atoms with Crippen LogP contribution in [0.25, 0.3) is 5.70 Å². The molecule has 1 unspecified atom stereocenters. The van der Waals surface area contributed by atoms with Crippen LogP contribution in [-0.4, -0.2) is 36.1 Å². The first-order chi connectivity index (χ1) is 10.0. The third-order valence-corrected chi connectivity index (χ3v) is 3.45. The lowest BCUT2D eigenvalue weighted by Gasteiger charge is -2.26. The predicted molar refractivity (Wildman–Crippen MR) is 74.8 cm³/mol. The maximum atomic E-state index is 13.3. The fourth-order valence-electron chi connectivity index (χ4n) is 2.42. The average molecular weight is 290 g/mol. The van der Waals surface area contributed by atoms with Crippen LogP contribution in [0.2, 0.25) is 0 Å². The number of fused-ring (bicyclic) bond motifs is 1. The summed E-state index contributed by atoms with van der Waals surface area (Å²) in [5.74, 6) is -1.27. The first kappa shape index (κ1) is 14.9. The average Bonchev–Trinajstić information content (AvgIpc) is 2.71. The Labute approximate surface area is 121 Å². The highest BCUT2D eigenvalue weighted by molar-refractivity contribution is 6.11. The molecule has 2 rings (SSSR count). The first-order valence-electron chi connectivity index (χ1n) is 6.49. The summed E-state index contributed by atoms with van der Waals surface area (Å²) in [6.45, 7) is 3.78. The van der Waals surface area contributed by atoms with E-state index >= 15 is 0 Å². The van der Waals surface area contributed by atoms with E-state index in [1.165, 1.54) is 30.1 Å². The van der Waals surface area contributed by atoms with Crippen molar-refractivity contribution >= 4 is 23.8 Å². The van der Waals surface area contributed by atoms with Crippen LogP contribution in [0.3, 0.4) is 0 Å². The summed E-state index contributed by atoms with van der Waals surface area (Å²) < 4.78 is 13.3. The van der Waals surface area contributed by atoms with Crippen LogP contribution in [0.4, 0.5) is 4.39 Å². The Hall–Kier alpha value is -2.50. The molecule has 110 valence electrons. The van der Waals surface area contributed by atoms with Gasteiger partial charge in [-0.2, -0.15) is 0 Å². The molecule has 0 saturated heterocycles. The summed E-state index contributed by atoms with van der Waals surface area (Å²) in [4.78, 5) is 36.2. The normalized spacial score (nSPS) is 14.9. The minimum absolute atomic E-state index is 0.139. The molecule has 0 radical (unpaired) electrons. The summed E-state index contributed by atoms with van der Waals surface area (Å²) in [7, 11) is 1.45. The van der Waals surface area contributed by atoms with Crippen LogP contribution in [0.15, 0.2) is 24.8 Å². The van der Waals surface area contributed by atoms with E-state index in [0.717, 1.165) is 0 Å². The summed E-state index contributed by atoms with van der Waals surface area (Å²) in [5.41, 5.74) is 0.954. The van der Waals surface area contributed by atoms with Gasteiger partial charge in [0.15, 0.2) is 0 Å². The topological polar surface area (TPSA) is 66.5 Å². The van der Waals surface area contributed by atoms with Crippen LogP contribution in [0.5, 0.6) is 0 Å². The van der Waals surface area contributed by atoms with Crippen molar-refractivity contribution in [1.82, 2.24) is 10.2 Å². The van der Waals surface area contributed by atoms with Crippen molar-refractivity contribution in [2.75, 3.05) is 7.05 Å². The van der Waals surface area contributed by atoms with Gasteiger partial charge in [0.05, 0.1) is 0 Å². The van der Waals surface area contributed by atoms with Crippen LogP contribution >= 0.6 is 0 Å². The molecular weight excluding hydrogens is 275 g/mol. The third-order valence-electron chi connectivity index (χ3n) is 3.45. The Morgan fingerprint density at radius 1 is 1.48 bits per heavy atom. The molecule has 0 saturated carbocycles. The number of likely N-dealkylation sites (N-methyl/N-ethyl adjacent to an activating group) is 1. The van der Waals surface area contributed by atoms with Gasteiger partial charge in [-0.15, -0.1) is 0 Å². The lowest BCUT2D eigenvalue weighted by molar-refractivity contribution is -0.124. The zero-order chi connectivity index (χ0) is 15.6. The number of carbonyl (C=O) groups excluding carboxylic acids is 3. The summed E-state index contributed by atoms with van der Waals surface area (Å²) in [6.07, 6.45) is 1.01. The number of hydrogen-bond donors (Lipinski definition) is 1. The highest BCUT2D eigenvalue weighted by atomic mass is 19.1. The molecule has 0 fully saturated rings. The van der Waals surface area contributed by atoms with Gasteiger partial charge in [-0.3, -0.25) is 14.5 Å². The number of aldehydes is 1. The van der Waals surface area contributed by atoms with Gasteiger partial charge >= 0.3 is 0 Å². The van der Waals surface area contributed by atoms with Crippen LogP contribution in [0.1, 0.15) is 28.8 Å². The summed E-state index contributed by atoms with van der Waals surface area (Å²) in [6, 6.07) is 2.94. The van der Waals surface area contributed by atoms with Gasteiger partial charge in [0.25, 0.3) is 5.91 Å². The molecular formula is C15H15FN2O3. The zero-order valence-corrected chi connectivity index (χ0v) is 11.6. The van der Waals surface area contributed by atoms with Gasteiger partial charge in [0, 0.05) is 30.3 Å². The summed E-state index contributed by atoms with van der Waals surface area (Å²) >= 11 is 0. The van der Waals surface area contributed by atoms with E-state index in [1.807, 2.05) is 0 Å². The lowest BCUT2D eigenvalue weighted by Crippen LogP contribution is -2.45. The Balaban J connectivity index is 2.39. The molecule has 1 N–H and O–H groups in total. The molecule has 0 spiro atoms. The monoisotopic (exact) mass is 290 g/mol. The Bertz CT molecular complexity index is 627. The molecule has 1 aromatic carbocycles. The molecule has 1 aliphatic heterocycles. The van der Waals surface area contributed by atoms with E-state index in [4.69, 9.17) is 0 Å². The van der Waals surface area contributed by atoms with E-state index in [1.54, 1.807) is 0 Å². The maximum Gasteiger partial charge on any atom is 0.259 e. The van der Waals surface area contributed by atoms with Gasteiger partial charge in [0.1, 0.15) is 18.1 Å². The van der Waals surface area contributed by atoms with Crippen molar-refractivity contribution in [1.29, 1.82) is 0 Å². The molecule has 0 aromatic heterocycles. The number of amides is 2. The van der Waals surface area contributed by atoms with Gasteiger partial charge in [-0.1, -0.05) is 6.58 Å². The van der Waals surface area contributed by atoms with Crippen LogP contribution in [0, 0.1) is 5.82 Å². The Morgan fingerprint density at radius 2 is 2.19 bits per heavy atom. The van der Waals surface area contributed by atoms with E-state index in [-0.39, 0.29) is 24.4 Å². The second-order valence-corrected chi connectivity index (χ2v) is 4.69. The highest BCUT2D eigenvalue weighted by Crippen LogP contribution is 2.34. The van der Waals surface area contributed by atoms with E-state index in [2.05, 4.69) is 11.9 Å². The van der Waals surface area contributed by atoms with E-state index < -0.39 is 17.8 Å². The fraction of sp³-hybridized carbons (Fsp3) is 0.267. The van der Waals surface area contributed by atoms with Crippen LogP contribution < -0.4 is 5.32 Å². The molecule has 0 aliphatic carbocycles. The second kappa shape index (κ2) is 5.87. The van der Waals surface area contributed by atoms with Crippen molar-refractivity contribution < 1.29 is 18.8 Å². The number of rotatable bonds is 5. The van der Waals surface area contributed by atoms with Crippen LogP contribution in [-0.2, 0) is 9.59 Å². The lowest BCUT2D eigenvalue weighted by atomic mass is 10.1. The molecule has 2 amide bonds. The number of nitrogens with one attached hydrogen (secondary N) is 1. The maximum absolute atomic E-state index is 13.3. The smallest absolute Gasteiger partial charge is 0.259 e. The number of halogens is 1. The number of carbonyl (C=O) groups is 3. The molecule has 1 aliphatic rings. The van der Waals surface area contributed by atoms with Crippen molar-refractivity contribution in [2.45, 2.75) is 18.9 Å². The van der Waals surface area contributed by atoms with Crippen molar-refractivity contribution in [2.24, 2.45) is 0 Å².